The zero-order valence-corrected chi connectivity index (χ0v) is 18.3. The molecule has 1 fully saturated rings. The molecule has 0 aliphatic heterocycles. The number of hydrogen-bond acceptors (Lipinski definition) is 1. The summed E-state index contributed by atoms with van der Waals surface area (Å²) in [5.41, 5.74) is 6.38. The van der Waals surface area contributed by atoms with Crippen molar-refractivity contribution in [1.82, 2.24) is 0 Å². The average molecular weight is 413 g/mol. The van der Waals surface area contributed by atoms with Gasteiger partial charge in [0.05, 0.1) is 10.8 Å². The van der Waals surface area contributed by atoms with Gasteiger partial charge >= 0.3 is 0 Å². The van der Waals surface area contributed by atoms with Gasteiger partial charge in [0, 0.05) is 11.8 Å². The molecule has 154 valence electrons. The summed E-state index contributed by atoms with van der Waals surface area (Å²) < 4.78 is 0. The van der Waals surface area contributed by atoms with E-state index in [0.717, 1.165) is 0 Å². The van der Waals surface area contributed by atoms with Crippen molar-refractivity contribution in [3.05, 3.63) is 119 Å². The Balaban J connectivity index is 1.63. The van der Waals surface area contributed by atoms with Crippen molar-refractivity contribution in [3.8, 4) is 0 Å². The molecular weight excluding hydrogens is 388 g/mol. The van der Waals surface area contributed by atoms with Crippen LogP contribution < -0.4 is 0 Å². The quantitative estimate of drug-likeness (QED) is 0.339. The molecule has 4 aromatic carbocycles. The van der Waals surface area contributed by atoms with Crippen LogP contribution in [0.2, 0.25) is 0 Å². The highest BCUT2D eigenvalue weighted by Gasteiger charge is 2.73. The Kier molecular flexibility index (Phi) is 3.33. The van der Waals surface area contributed by atoms with Crippen molar-refractivity contribution in [2.45, 2.75) is 25.7 Å². The lowest BCUT2D eigenvalue weighted by atomic mass is 9.61. The molecule has 0 N–H and O–H groups in total. The van der Waals surface area contributed by atoms with Gasteiger partial charge in [-0.3, -0.25) is 4.79 Å². The first-order chi connectivity index (χ1) is 15.6. The van der Waals surface area contributed by atoms with E-state index in [1.54, 1.807) is 0 Å². The molecule has 0 heterocycles. The van der Waals surface area contributed by atoms with Crippen molar-refractivity contribution < 1.29 is 4.79 Å². The van der Waals surface area contributed by atoms with Crippen LogP contribution in [-0.4, -0.2) is 5.78 Å². The zero-order valence-electron chi connectivity index (χ0n) is 18.3. The van der Waals surface area contributed by atoms with Gasteiger partial charge in [0.25, 0.3) is 0 Å². The Labute approximate surface area is 188 Å². The first kappa shape index (κ1) is 18.2. The molecule has 0 radical (unpaired) electrons. The minimum Gasteiger partial charge on any atom is -0.298 e. The second-order valence-corrected chi connectivity index (χ2v) is 9.96. The van der Waals surface area contributed by atoms with Crippen molar-refractivity contribution in [1.29, 1.82) is 0 Å². The molecular formula is C31H24O. The van der Waals surface area contributed by atoms with Gasteiger partial charge in [-0.1, -0.05) is 97.1 Å². The summed E-state index contributed by atoms with van der Waals surface area (Å²) in [6.45, 7) is 4.45. The monoisotopic (exact) mass is 412 g/mol. The highest BCUT2D eigenvalue weighted by Crippen LogP contribution is 2.79. The number of carbonyl (C=O) groups excluding carboxylic acids is 1. The van der Waals surface area contributed by atoms with Crippen LogP contribution in [0, 0.1) is 10.8 Å². The summed E-state index contributed by atoms with van der Waals surface area (Å²) in [4.78, 5) is 14.5. The van der Waals surface area contributed by atoms with Crippen LogP contribution in [0.15, 0.2) is 97.1 Å². The molecule has 0 saturated heterocycles. The molecule has 4 atom stereocenters. The highest BCUT2D eigenvalue weighted by atomic mass is 16.1. The normalized spacial score (nSPS) is 29.8. The standard InChI is InChI=1S/C31H24O/c1-30-25(20-11-5-3-6-12-20)26(21-13-7-4-8-14-21)31(2,29(30)32)28-23-18-10-16-19-15-9-17-22(24(19)23)27(28)30/h3-18,27-28H,1-2H3/t27-,28+,30-,31-/m0/s1. The van der Waals surface area contributed by atoms with Gasteiger partial charge < -0.3 is 0 Å². The zero-order chi connectivity index (χ0) is 21.7. The van der Waals surface area contributed by atoms with Crippen molar-refractivity contribution in [2.24, 2.45) is 10.8 Å². The smallest absolute Gasteiger partial charge is 0.154 e. The first-order valence-electron chi connectivity index (χ1n) is 11.5. The third-order valence-corrected chi connectivity index (χ3v) is 8.57. The predicted octanol–water partition coefficient (Wildman–Crippen LogP) is 7.24. The SMILES string of the molecule is C[C@]12C(=O)[C@@](C)(C(c3ccccc3)=C1c1ccccc1)[C@H]1c3cccc4cccc(c34)[C@H]12. The average Bonchev–Trinajstić information content (AvgIpc) is 3.34. The van der Waals surface area contributed by atoms with Gasteiger partial charge in [-0.15, -0.1) is 0 Å². The van der Waals surface area contributed by atoms with Crippen LogP contribution in [0.4, 0.5) is 0 Å². The summed E-state index contributed by atoms with van der Waals surface area (Å²) in [5.74, 6) is 0.719. The van der Waals surface area contributed by atoms with Gasteiger partial charge in [0.15, 0.2) is 5.78 Å². The van der Waals surface area contributed by atoms with Crippen LogP contribution in [0.1, 0.15) is 47.9 Å². The second kappa shape index (κ2) is 5.86. The van der Waals surface area contributed by atoms with E-state index in [1.165, 1.54) is 44.2 Å². The third kappa shape index (κ3) is 1.86. The summed E-state index contributed by atoms with van der Waals surface area (Å²) in [6, 6.07) is 34.5. The van der Waals surface area contributed by atoms with Gasteiger partial charge in [-0.2, -0.15) is 0 Å². The third-order valence-electron chi connectivity index (χ3n) is 8.57. The number of ketones is 1. The maximum absolute atomic E-state index is 14.5. The van der Waals surface area contributed by atoms with Crippen LogP contribution in [-0.2, 0) is 4.79 Å². The summed E-state index contributed by atoms with van der Waals surface area (Å²) >= 11 is 0. The molecule has 1 saturated carbocycles. The van der Waals surface area contributed by atoms with Crippen molar-refractivity contribution >= 4 is 27.7 Å². The van der Waals surface area contributed by atoms with Crippen LogP contribution >= 0.6 is 0 Å². The number of rotatable bonds is 2. The Morgan fingerprint density at radius 2 is 1.00 bits per heavy atom. The van der Waals surface area contributed by atoms with Gasteiger partial charge in [-0.05, 0) is 58.0 Å². The molecule has 0 unspecified atom stereocenters. The Morgan fingerprint density at radius 3 is 1.44 bits per heavy atom. The van der Waals surface area contributed by atoms with E-state index in [4.69, 9.17) is 0 Å². The second-order valence-electron chi connectivity index (χ2n) is 9.96. The minimum atomic E-state index is -0.556. The van der Waals surface area contributed by atoms with E-state index in [2.05, 4.69) is 111 Å². The lowest BCUT2D eigenvalue weighted by Crippen LogP contribution is -2.28. The molecule has 3 aliphatic carbocycles. The molecule has 0 aromatic heterocycles. The number of carbonyl (C=O) groups is 1. The fourth-order valence-corrected chi connectivity index (χ4v) is 7.54. The number of fused-ring (bicyclic) bond motifs is 7. The van der Waals surface area contributed by atoms with Crippen LogP contribution in [0.5, 0.6) is 0 Å². The fourth-order valence-electron chi connectivity index (χ4n) is 7.54. The van der Waals surface area contributed by atoms with Crippen molar-refractivity contribution in [2.75, 3.05) is 0 Å². The van der Waals surface area contributed by atoms with E-state index in [9.17, 15) is 4.79 Å². The van der Waals surface area contributed by atoms with Crippen LogP contribution in [0.25, 0.3) is 21.9 Å². The van der Waals surface area contributed by atoms with E-state index >= 15 is 0 Å². The first-order valence-corrected chi connectivity index (χ1v) is 11.5. The maximum Gasteiger partial charge on any atom is 0.154 e. The Morgan fingerprint density at radius 1 is 0.562 bits per heavy atom. The lowest BCUT2D eigenvalue weighted by molar-refractivity contribution is -0.127. The molecule has 2 bridgehead atoms. The molecule has 3 aliphatic rings. The molecule has 1 nitrogen and oxygen atoms in total. The molecule has 0 spiro atoms. The highest BCUT2D eigenvalue weighted by molar-refractivity contribution is 6.25. The van der Waals surface area contributed by atoms with Crippen LogP contribution in [0.3, 0.4) is 0 Å². The summed E-state index contributed by atoms with van der Waals surface area (Å²) in [7, 11) is 0. The van der Waals surface area contributed by atoms with E-state index in [1.807, 2.05) is 0 Å². The fraction of sp³-hybridized carbons (Fsp3) is 0.194. The van der Waals surface area contributed by atoms with Gasteiger partial charge in [0.2, 0.25) is 0 Å². The summed E-state index contributed by atoms with van der Waals surface area (Å²) in [5, 5.41) is 2.66. The topological polar surface area (TPSA) is 17.1 Å². The van der Waals surface area contributed by atoms with E-state index in [-0.39, 0.29) is 11.8 Å². The molecule has 4 aromatic rings. The van der Waals surface area contributed by atoms with E-state index in [0.29, 0.717) is 5.78 Å². The summed E-state index contributed by atoms with van der Waals surface area (Å²) in [6.07, 6.45) is 0. The molecule has 0 amide bonds. The molecule has 7 rings (SSSR count). The number of allylic oxidation sites excluding steroid dienone is 2. The minimum absolute atomic E-state index is 0.170. The van der Waals surface area contributed by atoms with Gasteiger partial charge in [-0.25, -0.2) is 0 Å². The molecule has 1 heteroatoms. The predicted molar refractivity (Wildman–Crippen MR) is 130 cm³/mol. The number of Topliss-reactive ketones (excluding diaryl/α,β-unsaturated/α-hetero) is 1. The Bertz CT molecular complexity index is 1360. The number of benzene rings is 4. The Hall–Kier alpha value is -3.45. The lowest BCUT2D eigenvalue weighted by Gasteiger charge is -2.39. The van der Waals surface area contributed by atoms with Gasteiger partial charge in [0.1, 0.15) is 0 Å². The number of hydrogen-bond donors (Lipinski definition) is 0. The van der Waals surface area contributed by atoms with Crippen molar-refractivity contribution in [3.63, 3.8) is 0 Å². The largest absolute Gasteiger partial charge is 0.298 e. The van der Waals surface area contributed by atoms with E-state index < -0.39 is 10.8 Å². The maximum atomic E-state index is 14.5. The molecule has 32 heavy (non-hydrogen) atoms.